The molecule has 0 aliphatic rings. The smallest absolute Gasteiger partial charge is 0.251 e. The monoisotopic (exact) mass is 352 g/mol. The van der Waals surface area contributed by atoms with Crippen LogP contribution in [0.15, 0.2) is 42.5 Å². The van der Waals surface area contributed by atoms with E-state index in [2.05, 4.69) is 38.3 Å². The molecular weight excluding hydrogens is 324 g/mol. The Bertz CT molecular complexity index is 751. The van der Waals surface area contributed by atoms with Gasteiger partial charge in [-0.25, -0.2) is 0 Å². The van der Waals surface area contributed by atoms with Gasteiger partial charge in [0.25, 0.3) is 5.91 Å². The first-order valence-electron chi connectivity index (χ1n) is 9.07. The molecule has 4 nitrogen and oxygen atoms in total. The quantitative estimate of drug-likeness (QED) is 0.797. The van der Waals surface area contributed by atoms with Gasteiger partial charge in [-0.05, 0) is 42.0 Å². The van der Waals surface area contributed by atoms with Gasteiger partial charge in [-0.3, -0.25) is 9.59 Å². The first kappa shape index (κ1) is 19.7. The molecule has 0 aliphatic carbocycles. The van der Waals surface area contributed by atoms with E-state index in [-0.39, 0.29) is 18.4 Å². The van der Waals surface area contributed by atoms with Gasteiger partial charge in [0.05, 0.1) is 6.54 Å². The standard InChI is InChI=1S/C22H28N2O2/c1-14(2)18-7-6-8-19(15(3)4)21(18)24-20(25)13-23-22(26)17-11-9-16(5)10-12-17/h6-12,14-15H,13H2,1-5H3,(H,23,26)(H,24,25). The van der Waals surface area contributed by atoms with Gasteiger partial charge in [0.15, 0.2) is 0 Å². The fraction of sp³-hybridized carbons (Fsp3) is 0.364. The number of nitrogens with one attached hydrogen (secondary N) is 2. The van der Waals surface area contributed by atoms with Gasteiger partial charge in [0, 0.05) is 11.3 Å². The molecule has 2 aromatic carbocycles. The number of para-hydroxylation sites is 1. The summed E-state index contributed by atoms with van der Waals surface area (Å²) in [6, 6.07) is 13.4. The number of benzene rings is 2. The van der Waals surface area contributed by atoms with Crippen molar-refractivity contribution in [2.45, 2.75) is 46.5 Å². The van der Waals surface area contributed by atoms with Gasteiger partial charge < -0.3 is 10.6 Å². The average molecular weight is 352 g/mol. The van der Waals surface area contributed by atoms with Gasteiger partial charge in [0.2, 0.25) is 5.91 Å². The average Bonchev–Trinajstić information content (AvgIpc) is 2.60. The summed E-state index contributed by atoms with van der Waals surface area (Å²) in [5.41, 5.74) is 4.72. The normalized spacial score (nSPS) is 10.9. The van der Waals surface area contributed by atoms with Crippen LogP contribution in [0.4, 0.5) is 5.69 Å². The zero-order valence-electron chi connectivity index (χ0n) is 16.2. The van der Waals surface area contributed by atoms with E-state index in [1.54, 1.807) is 12.1 Å². The molecule has 138 valence electrons. The van der Waals surface area contributed by atoms with Crippen molar-refractivity contribution < 1.29 is 9.59 Å². The molecule has 0 unspecified atom stereocenters. The van der Waals surface area contributed by atoms with Crippen LogP contribution in [0.2, 0.25) is 0 Å². The Hall–Kier alpha value is -2.62. The lowest BCUT2D eigenvalue weighted by molar-refractivity contribution is -0.115. The van der Waals surface area contributed by atoms with E-state index in [0.717, 1.165) is 22.4 Å². The lowest BCUT2D eigenvalue weighted by atomic mass is 9.92. The van der Waals surface area contributed by atoms with Crippen LogP contribution in [0.25, 0.3) is 0 Å². The van der Waals surface area contributed by atoms with Crippen molar-refractivity contribution in [2.75, 3.05) is 11.9 Å². The Morgan fingerprint density at radius 3 is 1.92 bits per heavy atom. The van der Waals surface area contributed by atoms with E-state index >= 15 is 0 Å². The first-order valence-corrected chi connectivity index (χ1v) is 9.07. The third-order valence-corrected chi connectivity index (χ3v) is 4.36. The maximum atomic E-state index is 12.4. The van der Waals surface area contributed by atoms with Crippen LogP contribution in [0.3, 0.4) is 0 Å². The predicted molar refractivity (Wildman–Crippen MR) is 107 cm³/mol. The predicted octanol–water partition coefficient (Wildman–Crippen LogP) is 4.61. The van der Waals surface area contributed by atoms with Gasteiger partial charge in [-0.1, -0.05) is 63.6 Å². The molecule has 0 radical (unpaired) electrons. The largest absolute Gasteiger partial charge is 0.343 e. The molecule has 2 amide bonds. The first-order chi connectivity index (χ1) is 12.3. The van der Waals surface area contributed by atoms with Crippen LogP contribution in [-0.2, 0) is 4.79 Å². The van der Waals surface area contributed by atoms with E-state index in [4.69, 9.17) is 0 Å². The molecule has 2 aromatic rings. The Labute approximate surface area is 156 Å². The molecule has 0 heterocycles. The molecule has 0 spiro atoms. The summed E-state index contributed by atoms with van der Waals surface area (Å²) in [5.74, 6) is 0.124. The molecule has 0 atom stereocenters. The third kappa shape index (κ3) is 4.94. The summed E-state index contributed by atoms with van der Waals surface area (Å²) >= 11 is 0. The maximum Gasteiger partial charge on any atom is 0.251 e. The number of hydrogen-bond donors (Lipinski definition) is 2. The zero-order valence-corrected chi connectivity index (χ0v) is 16.2. The van der Waals surface area contributed by atoms with Crippen molar-refractivity contribution in [1.29, 1.82) is 0 Å². The van der Waals surface area contributed by atoms with Crippen molar-refractivity contribution in [1.82, 2.24) is 5.32 Å². The van der Waals surface area contributed by atoms with Crippen LogP contribution in [0.1, 0.15) is 66.6 Å². The summed E-state index contributed by atoms with van der Waals surface area (Å²) in [4.78, 5) is 24.6. The molecule has 0 aliphatic heterocycles. The van der Waals surface area contributed by atoms with E-state index < -0.39 is 0 Å². The number of anilines is 1. The Balaban J connectivity index is 2.08. The number of amides is 2. The van der Waals surface area contributed by atoms with E-state index in [0.29, 0.717) is 17.4 Å². The van der Waals surface area contributed by atoms with Crippen molar-refractivity contribution in [3.05, 3.63) is 64.7 Å². The van der Waals surface area contributed by atoms with E-state index in [1.807, 2.05) is 37.3 Å². The second-order valence-electron chi connectivity index (χ2n) is 7.22. The van der Waals surface area contributed by atoms with Crippen molar-refractivity contribution in [2.24, 2.45) is 0 Å². The third-order valence-electron chi connectivity index (χ3n) is 4.36. The summed E-state index contributed by atoms with van der Waals surface area (Å²) in [5, 5.41) is 5.69. The Morgan fingerprint density at radius 2 is 1.42 bits per heavy atom. The highest BCUT2D eigenvalue weighted by atomic mass is 16.2. The highest BCUT2D eigenvalue weighted by Crippen LogP contribution is 2.32. The van der Waals surface area contributed by atoms with Crippen LogP contribution in [-0.4, -0.2) is 18.4 Å². The number of carbonyl (C=O) groups excluding carboxylic acids is 2. The molecule has 0 aromatic heterocycles. The molecule has 2 rings (SSSR count). The van der Waals surface area contributed by atoms with E-state index in [1.165, 1.54) is 0 Å². The van der Waals surface area contributed by atoms with Gasteiger partial charge in [-0.15, -0.1) is 0 Å². The van der Waals surface area contributed by atoms with Crippen LogP contribution in [0.5, 0.6) is 0 Å². The summed E-state index contributed by atoms with van der Waals surface area (Å²) in [6.45, 7) is 10.3. The SMILES string of the molecule is Cc1ccc(C(=O)NCC(=O)Nc2c(C(C)C)cccc2C(C)C)cc1. The molecule has 26 heavy (non-hydrogen) atoms. The lowest BCUT2D eigenvalue weighted by Gasteiger charge is -2.20. The van der Waals surface area contributed by atoms with Crippen molar-refractivity contribution in [3.63, 3.8) is 0 Å². The topological polar surface area (TPSA) is 58.2 Å². The van der Waals surface area contributed by atoms with Gasteiger partial charge in [0.1, 0.15) is 0 Å². The molecule has 0 fully saturated rings. The fourth-order valence-corrected chi connectivity index (χ4v) is 2.85. The molecule has 0 saturated heterocycles. The Morgan fingerprint density at radius 1 is 0.885 bits per heavy atom. The van der Waals surface area contributed by atoms with Crippen LogP contribution in [0, 0.1) is 6.92 Å². The summed E-state index contributed by atoms with van der Waals surface area (Å²) in [7, 11) is 0. The maximum absolute atomic E-state index is 12.4. The number of aryl methyl sites for hydroxylation is 1. The number of rotatable bonds is 6. The molecular formula is C22H28N2O2. The number of hydrogen-bond acceptors (Lipinski definition) is 2. The molecule has 0 bridgehead atoms. The zero-order chi connectivity index (χ0) is 19.3. The number of carbonyl (C=O) groups is 2. The highest BCUT2D eigenvalue weighted by Gasteiger charge is 2.16. The second kappa shape index (κ2) is 8.65. The minimum atomic E-state index is -0.249. The molecule has 2 N–H and O–H groups in total. The van der Waals surface area contributed by atoms with Gasteiger partial charge in [-0.2, -0.15) is 0 Å². The van der Waals surface area contributed by atoms with Gasteiger partial charge >= 0.3 is 0 Å². The minimum absolute atomic E-state index is 0.0589. The summed E-state index contributed by atoms with van der Waals surface area (Å²) < 4.78 is 0. The fourth-order valence-electron chi connectivity index (χ4n) is 2.85. The second-order valence-corrected chi connectivity index (χ2v) is 7.22. The van der Waals surface area contributed by atoms with Crippen molar-refractivity contribution >= 4 is 17.5 Å². The van der Waals surface area contributed by atoms with Crippen molar-refractivity contribution in [3.8, 4) is 0 Å². The lowest BCUT2D eigenvalue weighted by Crippen LogP contribution is -2.33. The van der Waals surface area contributed by atoms with E-state index in [9.17, 15) is 9.59 Å². The highest BCUT2D eigenvalue weighted by molar-refractivity contribution is 6.00. The minimum Gasteiger partial charge on any atom is -0.343 e. The molecule has 4 heteroatoms. The molecule has 0 saturated carbocycles. The van der Waals surface area contributed by atoms with Crippen LogP contribution >= 0.6 is 0 Å². The summed E-state index contributed by atoms with van der Waals surface area (Å²) in [6.07, 6.45) is 0. The van der Waals surface area contributed by atoms with Crippen LogP contribution < -0.4 is 10.6 Å². The Kier molecular flexibility index (Phi) is 6.56.